The van der Waals surface area contributed by atoms with Crippen molar-refractivity contribution < 1.29 is 4.79 Å². The molecule has 1 aromatic heterocycles. The van der Waals surface area contributed by atoms with Crippen LogP contribution in [0.3, 0.4) is 0 Å². The Kier molecular flexibility index (Phi) is 3.81. The van der Waals surface area contributed by atoms with Gasteiger partial charge in [0.15, 0.2) is 0 Å². The van der Waals surface area contributed by atoms with Crippen LogP contribution < -0.4 is 16.0 Å². The summed E-state index contributed by atoms with van der Waals surface area (Å²) in [6, 6.07) is 5.44. The van der Waals surface area contributed by atoms with Crippen molar-refractivity contribution in [2.75, 3.05) is 50.9 Å². The Labute approximate surface area is 129 Å². The van der Waals surface area contributed by atoms with E-state index in [0.717, 1.165) is 37.4 Å². The third-order valence-electron chi connectivity index (χ3n) is 3.99. The zero-order chi connectivity index (χ0) is 15.7. The van der Waals surface area contributed by atoms with Gasteiger partial charge in [-0.2, -0.15) is 4.98 Å². The van der Waals surface area contributed by atoms with E-state index >= 15 is 0 Å². The summed E-state index contributed by atoms with van der Waals surface area (Å²) < 4.78 is 0. The summed E-state index contributed by atoms with van der Waals surface area (Å²) in [7, 11) is 3.72. The minimum atomic E-state index is -0.139. The standard InChI is InChI=1S/C15H20N6O/c1-17-14(22)10-3-4-11-12(9-10)18-15(16)19-13(11)21-7-5-20(2)6-8-21/h3-4,9H,5-8H2,1-2H3,(H,17,22)(H2,16,18,19). The molecule has 0 radical (unpaired) electrons. The predicted molar refractivity (Wildman–Crippen MR) is 87.1 cm³/mol. The number of carbonyl (C=O) groups is 1. The molecule has 1 saturated heterocycles. The van der Waals surface area contributed by atoms with E-state index in [-0.39, 0.29) is 11.9 Å². The number of nitrogens with two attached hydrogens (primary N) is 1. The first kappa shape index (κ1) is 14.5. The summed E-state index contributed by atoms with van der Waals surface area (Å²) >= 11 is 0. The van der Waals surface area contributed by atoms with Crippen molar-refractivity contribution in [2.45, 2.75) is 0 Å². The number of piperazine rings is 1. The largest absolute Gasteiger partial charge is 0.368 e. The zero-order valence-electron chi connectivity index (χ0n) is 12.8. The first-order valence-electron chi connectivity index (χ1n) is 7.31. The molecule has 1 aliphatic rings. The fourth-order valence-electron chi connectivity index (χ4n) is 2.68. The first-order valence-corrected chi connectivity index (χ1v) is 7.31. The number of nitrogens with zero attached hydrogens (tertiary/aromatic N) is 4. The summed E-state index contributed by atoms with van der Waals surface area (Å²) in [5.74, 6) is 0.940. The van der Waals surface area contributed by atoms with E-state index in [1.807, 2.05) is 6.07 Å². The Morgan fingerprint density at radius 3 is 2.64 bits per heavy atom. The Morgan fingerprint density at radius 1 is 1.23 bits per heavy atom. The Hall–Kier alpha value is -2.41. The normalized spacial score (nSPS) is 16.0. The van der Waals surface area contributed by atoms with Gasteiger partial charge in [-0.3, -0.25) is 4.79 Å². The van der Waals surface area contributed by atoms with Gasteiger partial charge in [-0.05, 0) is 25.2 Å². The molecule has 1 amide bonds. The van der Waals surface area contributed by atoms with Crippen LogP contribution in [-0.4, -0.2) is 61.0 Å². The van der Waals surface area contributed by atoms with Gasteiger partial charge < -0.3 is 20.9 Å². The fraction of sp³-hybridized carbons (Fsp3) is 0.400. The van der Waals surface area contributed by atoms with Gasteiger partial charge in [0, 0.05) is 44.2 Å². The van der Waals surface area contributed by atoms with Gasteiger partial charge in [-0.25, -0.2) is 4.98 Å². The Bertz CT molecular complexity index is 708. The topological polar surface area (TPSA) is 87.4 Å². The van der Waals surface area contributed by atoms with E-state index in [9.17, 15) is 4.79 Å². The van der Waals surface area contributed by atoms with Crippen molar-refractivity contribution in [1.82, 2.24) is 20.2 Å². The van der Waals surface area contributed by atoms with Crippen molar-refractivity contribution in [3.05, 3.63) is 23.8 Å². The van der Waals surface area contributed by atoms with Gasteiger partial charge in [0.1, 0.15) is 5.82 Å². The van der Waals surface area contributed by atoms with E-state index < -0.39 is 0 Å². The number of fused-ring (bicyclic) bond motifs is 1. The molecule has 0 atom stereocenters. The molecule has 2 aromatic rings. The maximum Gasteiger partial charge on any atom is 0.251 e. The number of anilines is 2. The summed E-state index contributed by atoms with van der Waals surface area (Å²) in [5.41, 5.74) is 7.12. The van der Waals surface area contributed by atoms with Gasteiger partial charge in [0.05, 0.1) is 5.52 Å². The third kappa shape index (κ3) is 2.67. The van der Waals surface area contributed by atoms with E-state index in [0.29, 0.717) is 11.1 Å². The van der Waals surface area contributed by atoms with Crippen LogP contribution in [0, 0.1) is 0 Å². The van der Waals surface area contributed by atoms with Crippen LogP contribution in [0.1, 0.15) is 10.4 Å². The minimum absolute atomic E-state index is 0.139. The van der Waals surface area contributed by atoms with E-state index in [1.54, 1.807) is 19.2 Å². The highest BCUT2D eigenvalue weighted by Crippen LogP contribution is 2.26. The zero-order valence-corrected chi connectivity index (χ0v) is 12.8. The second-order valence-corrected chi connectivity index (χ2v) is 5.51. The van der Waals surface area contributed by atoms with Crippen LogP contribution in [0.5, 0.6) is 0 Å². The number of amides is 1. The van der Waals surface area contributed by atoms with E-state index in [2.05, 4.69) is 32.1 Å². The van der Waals surface area contributed by atoms with Crippen LogP contribution in [0.25, 0.3) is 10.9 Å². The summed E-state index contributed by atoms with van der Waals surface area (Å²) in [6.45, 7) is 3.78. The number of benzene rings is 1. The maximum atomic E-state index is 11.8. The molecule has 1 aliphatic heterocycles. The average Bonchev–Trinajstić information content (AvgIpc) is 2.53. The Balaban J connectivity index is 2.05. The highest BCUT2D eigenvalue weighted by atomic mass is 16.1. The van der Waals surface area contributed by atoms with E-state index in [4.69, 9.17) is 5.73 Å². The molecule has 1 fully saturated rings. The van der Waals surface area contributed by atoms with Gasteiger partial charge in [-0.15, -0.1) is 0 Å². The molecule has 7 heteroatoms. The molecule has 0 spiro atoms. The molecule has 0 unspecified atom stereocenters. The second kappa shape index (κ2) is 5.76. The summed E-state index contributed by atoms with van der Waals surface area (Å²) in [5, 5.41) is 3.54. The molecule has 2 heterocycles. The quantitative estimate of drug-likeness (QED) is 0.831. The molecular formula is C15H20N6O. The molecule has 0 saturated carbocycles. The SMILES string of the molecule is CNC(=O)c1ccc2c(N3CCN(C)CC3)nc(N)nc2c1. The number of nitrogen functional groups attached to an aromatic ring is 1. The predicted octanol–water partition coefficient (Wildman–Crippen LogP) is 0.323. The highest BCUT2D eigenvalue weighted by molar-refractivity contribution is 6.00. The first-order chi connectivity index (χ1) is 10.6. The lowest BCUT2D eigenvalue weighted by Crippen LogP contribution is -2.45. The number of carbonyl (C=O) groups excluding carboxylic acids is 1. The van der Waals surface area contributed by atoms with Crippen LogP contribution >= 0.6 is 0 Å². The Morgan fingerprint density at radius 2 is 1.95 bits per heavy atom. The number of rotatable bonds is 2. The number of likely N-dealkylation sites (N-methyl/N-ethyl adjacent to an activating group) is 1. The minimum Gasteiger partial charge on any atom is -0.368 e. The summed E-state index contributed by atoms with van der Waals surface area (Å²) in [6.07, 6.45) is 0. The van der Waals surface area contributed by atoms with Crippen LogP contribution in [0.4, 0.5) is 11.8 Å². The summed E-state index contributed by atoms with van der Waals surface area (Å²) in [4.78, 5) is 25.0. The van der Waals surface area contributed by atoms with Crippen molar-refractivity contribution in [1.29, 1.82) is 0 Å². The molecule has 7 nitrogen and oxygen atoms in total. The monoisotopic (exact) mass is 300 g/mol. The number of nitrogens with one attached hydrogen (secondary N) is 1. The van der Waals surface area contributed by atoms with Crippen LogP contribution in [0.15, 0.2) is 18.2 Å². The van der Waals surface area contributed by atoms with E-state index in [1.165, 1.54) is 0 Å². The molecule has 3 rings (SSSR count). The van der Waals surface area contributed by atoms with Crippen molar-refractivity contribution in [2.24, 2.45) is 0 Å². The lowest BCUT2D eigenvalue weighted by atomic mass is 10.1. The molecule has 0 bridgehead atoms. The van der Waals surface area contributed by atoms with Gasteiger partial charge >= 0.3 is 0 Å². The lowest BCUT2D eigenvalue weighted by Gasteiger charge is -2.33. The molecule has 0 aliphatic carbocycles. The lowest BCUT2D eigenvalue weighted by molar-refractivity contribution is 0.0963. The highest BCUT2D eigenvalue weighted by Gasteiger charge is 2.19. The molecular weight excluding hydrogens is 280 g/mol. The van der Waals surface area contributed by atoms with Gasteiger partial charge in [0.25, 0.3) is 5.91 Å². The molecule has 116 valence electrons. The fourth-order valence-corrected chi connectivity index (χ4v) is 2.68. The van der Waals surface area contributed by atoms with Crippen molar-refractivity contribution >= 4 is 28.6 Å². The maximum absolute atomic E-state index is 11.8. The van der Waals surface area contributed by atoms with Crippen LogP contribution in [-0.2, 0) is 0 Å². The smallest absolute Gasteiger partial charge is 0.251 e. The van der Waals surface area contributed by atoms with Gasteiger partial charge in [-0.1, -0.05) is 0 Å². The average molecular weight is 300 g/mol. The second-order valence-electron chi connectivity index (χ2n) is 5.51. The molecule has 1 aromatic carbocycles. The van der Waals surface area contributed by atoms with Crippen molar-refractivity contribution in [3.8, 4) is 0 Å². The number of aromatic nitrogens is 2. The number of hydrogen-bond acceptors (Lipinski definition) is 6. The molecule has 22 heavy (non-hydrogen) atoms. The third-order valence-corrected chi connectivity index (χ3v) is 3.99. The van der Waals surface area contributed by atoms with Gasteiger partial charge in [0.2, 0.25) is 5.95 Å². The van der Waals surface area contributed by atoms with Crippen molar-refractivity contribution in [3.63, 3.8) is 0 Å². The number of hydrogen-bond donors (Lipinski definition) is 2. The van der Waals surface area contributed by atoms with Crippen LogP contribution in [0.2, 0.25) is 0 Å². The molecule has 3 N–H and O–H groups in total.